The van der Waals surface area contributed by atoms with E-state index < -0.39 is 9.84 Å². The van der Waals surface area contributed by atoms with Crippen molar-refractivity contribution < 1.29 is 8.42 Å². The number of halogens is 2. The van der Waals surface area contributed by atoms with E-state index in [1.165, 1.54) is 6.07 Å². The van der Waals surface area contributed by atoms with Crippen LogP contribution >= 0.6 is 39.1 Å². The number of rotatable bonds is 2. The minimum absolute atomic E-state index is 0.0495. The van der Waals surface area contributed by atoms with Crippen LogP contribution in [0.1, 0.15) is 5.56 Å². The van der Waals surface area contributed by atoms with Crippen LogP contribution in [-0.2, 0) is 9.84 Å². The van der Waals surface area contributed by atoms with Crippen LogP contribution in [0.3, 0.4) is 0 Å². The third-order valence-electron chi connectivity index (χ3n) is 1.99. The van der Waals surface area contributed by atoms with Gasteiger partial charge in [0.05, 0.1) is 9.92 Å². The molecule has 4 nitrogen and oxygen atoms in total. The number of aromatic nitrogens is 2. The van der Waals surface area contributed by atoms with E-state index in [0.717, 1.165) is 17.1 Å². The van der Waals surface area contributed by atoms with Crippen LogP contribution in [0.2, 0.25) is 5.02 Å². The molecule has 2 rings (SSSR count). The van der Waals surface area contributed by atoms with Gasteiger partial charge in [-0.05, 0) is 52.1 Å². The topological polar surface area (TPSA) is 59.9 Å². The first-order valence-electron chi connectivity index (χ1n) is 4.42. The number of benzene rings is 1. The smallest absolute Gasteiger partial charge is 0.216 e. The molecule has 90 valence electrons. The Balaban J connectivity index is 2.60. The van der Waals surface area contributed by atoms with Gasteiger partial charge in [-0.1, -0.05) is 17.7 Å². The minimum atomic E-state index is -3.68. The molecule has 0 N–H and O–H groups in total. The highest BCUT2D eigenvalue weighted by Gasteiger charge is 2.24. The molecule has 2 aromatic rings. The van der Waals surface area contributed by atoms with Gasteiger partial charge in [-0.25, -0.2) is 8.42 Å². The standard InChI is InChI=1S/C9H6BrClN2O2S2/c1-5-2-3-7(6(11)4-5)17(14,15)9-12-8(10)13-16-9/h2-4H,1H3. The minimum Gasteiger partial charge on any atom is -0.216 e. The second-order valence-electron chi connectivity index (χ2n) is 3.27. The van der Waals surface area contributed by atoms with E-state index in [0.29, 0.717) is 0 Å². The van der Waals surface area contributed by atoms with E-state index in [1.54, 1.807) is 12.1 Å². The molecule has 0 radical (unpaired) electrons. The predicted octanol–water partition coefficient (Wildman–Crippen LogP) is 3.10. The predicted molar refractivity (Wildman–Crippen MR) is 69.2 cm³/mol. The van der Waals surface area contributed by atoms with Gasteiger partial charge in [-0.2, -0.15) is 9.36 Å². The average molecular weight is 354 g/mol. The quantitative estimate of drug-likeness (QED) is 0.832. The molecule has 0 spiro atoms. The molecule has 0 amide bonds. The molecule has 0 fully saturated rings. The fraction of sp³-hybridized carbons (Fsp3) is 0.111. The molecule has 0 saturated heterocycles. The van der Waals surface area contributed by atoms with E-state index in [9.17, 15) is 8.42 Å². The normalized spacial score (nSPS) is 11.7. The Hall–Kier alpha value is -0.500. The number of sulfone groups is 1. The molecule has 1 aromatic heterocycles. The summed E-state index contributed by atoms with van der Waals surface area (Å²) in [4.78, 5) is 3.85. The van der Waals surface area contributed by atoms with Crippen molar-refractivity contribution in [2.75, 3.05) is 0 Å². The zero-order valence-corrected chi connectivity index (χ0v) is 12.5. The van der Waals surface area contributed by atoms with Crippen LogP contribution in [0.15, 0.2) is 32.2 Å². The van der Waals surface area contributed by atoms with Crippen molar-refractivity contribution in [2.24, 2.45) is 0 Å². The lowest BCUT2D eigenvalue weighted by atomic mass is 10.2. The lowest BCUT2D eigenvalue weighted by Gasteiger charge is -2.03. The number of aryl methyl sites for hydroxylation is 1. The van der Waals surface area contributed by atoms with Crippen molar-refractivity contribution in [2.45, 2.75) is 16.2 Å². The molecule has 0 atom stereocenters. The van der Waals surface area contributed by atoms with Crippen LogP contribution in [0.25, 0.3) is 0 Å². The van der Waals surface area contributed by atoms with Crippen molar-refractivity contribution in [3.63, 3.8) is 0 Å². The third-order valence-corrected chi connectivity index (χ3v) is 5.88. The monoisotopic (exact) mass is 352 g/mol. The summed E-state index contributed by atoms with van der Waals surface area (Å²) in [7, 11) is -3.68. The Labute approximate surface area is 116 Å². The molecule has 0 unspecified atom stereocenters. The number of hydrogen-bond donors (Lipinski definition) is 0. The zero-order valence-electron chi connectivity index (χ0n) is 8.52. The van der Waals surface area contributed by atoms with E-state index in [1.807, 2.05) is 6.92 Å². The summed E-state index contributed by atoms with van der Waals surface area (Å²) in [5.41, 5.74) is 0.896. The van der Waals surface area contributed by atoms with Gasteiger partial charge in [0.1, 0.15) is 0 Å². The molecule has 0 aliphatic rings. The van der Waals surface area contributed by atoms with E-state index in [2.05, 4.69) is 25.3 Å². The van der Waals surface area contributed by atoms with Crippen LogP contribution in [0.4, 0.5) is 0 Å². The third kappa shape index (κ3) is 2.52. The fourth-order valence-electron chi connectivity index (χ4n) is 1.22. The van der Waals surface area contributed by atoms with Gasteiger partial charge < -0.3 is 0 Å². The molecular weight excluding hydrogens is 348 g/mol. The molecule has 8 heteroatoms. The Bertz CT molecular complexity index is 669. The Kier molecular flexibility index (Phi) is 3.53. The van der Waals surface area contributed by atoms with Gasteiger partial charge in [-0.15, -0.1) is 0 Å². The summed E-state index contributed by atoms with van der Waals surface area (Å²) in [6, 6.07) is 4.77. The zero-order chi connectivity index (χ0) is 12.6. The average Bonchev–Trinajstić information content (AvgIpc) is 2.64. The first-order valence-corrected chi connectivity index (χ1v) is 7.84. The van der Waals surface area contributed by atoms with Crippen molar-refractivity contribution in [3.8, 4) is 0 Å². The number of hydrogen-bond acceptors (Lipinski definition) is 5. The lowest BCUT2D eigenvalue weighted by Crippen LogP contribution is -2.02. The van der Waals surface area contributed by atoms with Crippen LogP contribution in [0.5, 0.6) is 0 Å². The van der Waals surface area contributed by atoms with Gasteiger partial charge in [0, 0.05) is 0 Å². The first-order chi connectivity index (χ1) is 7.91. The highest BCUT2D eigenvalue weighted by Crippen LogP contribution is 2.29. The van der Waals surface area contributed by atoms with Gasteiger partial charge in [0.15, 0.2) is 0 Å². The van der Waals surface area contributed by atoms with Crippen LogP contribution < -0.4 is 0 Å². The molecule has 17 heavy (non-hydrogen) atoms. The molecular formula is C9H6BrClN2O2S2. The number of nitrogens with zero attached hydrogens (tertiary/aromatic N) is 2. The maximum absolute atomic E-state index is 12.2. The van der Waals surface area contributed by atoms with Gasteiger partial charge in [0.25, 0.3) is 0 Å². The highest BCUT2D eigenvalue weighted by molar-refractivity contribution is 9.10. The Morgan fingerprint density at radius 1 is 1.41 bits per heavy atom. The van der Waals surface area contributed by atoms with Crippen molar-refractivity contribution >= 4 is 48.9 Å². The highest BCUT2D eigenvalue weighted by atomic mass is 79.9. The second-order valence-corrected chi connectivity index (χ2v) is 7.23. The summed E-state index contributed by atoms with van der Waals surface area (Å²) in [6.45, 7) is 1.84. The van der Waals surface area contributed by atoms with Gasteiger partial charge in [0.2, 0.25) is 18.9 Å². The lowest BCUT2D eigenvalue weighted by molar-refractivity contribution is 0.595. The van der Waals surface area contributed by atoms with E-state index in [-0.39, 0.29) is 19.0 Å². The largest absolute Gasteiger partial charge is 0.236 e. The molecule has 0 aliphatic carbocycles. The van der Waals surface area contributed by atoms with E-state index >= 15 is 0 Å². The van der Waals surface area contributed by atoms with E-state index in [4.69, 9.17) is 11.6 Å². The van der Waals surface area contributed by atoms with Crippen LogP contribution in [0, 0.1) is 6.92 Å². The summed E-state index contributed by atoms with van der Waals surface area (Å²) < 4.78 is 28.3. The summed E-state index contributed by atoms with van der Waals surface area (Å²) >= 11 is 9.76. The van der Waals surface area contributed by atoms with Gasteiger partial charge in [-0.3, -0.25) is 0 Å². The van der Waals surface area contributed by atoms with Crippen molar-refractivity contribution in [3.05, 3.63) is 33.5 Å². The first kappa shape index (κ1) is 12.9. The Morgan fingerprint density at radius 2 is 2.12 bits per heavy atom. The summed E-state index contributed by atoms with van der Waals surface area (Å²) in [6.07, 6.45) is 0. The fourth-order valence-corrected chi connectivity index (χ4v) is 4.44. The maximum atomic E-state index is 12.2. The van der Waals surface area contributed by atoms with Crippen LogP contribution in [-0.4, -0.2) is 17.8 Å². The summed E-state index contributed by atoms with van der Waals surface area (Å²) in [5.74, 6) is 0. The molecule has 0 bridgehead atoms. The van der Waals surface area contributed by atoms with Gasteiger partial charge >= 0.3 is 0 Å². The van der Waals surface area contributed by atoms with Crippen molar-refractivity contribution in [1.29, 1.82) is 0 Å². The summed E-state index contributed by atoms with van der Waals surface area (Å²) in [5, 5.41) is 0.191. The Morgan fingerprint density at radius 3 is 2.65 bits per heavy atom. The molecule has 1 aromatic carbocycles. The SMILES string of the molecule is Cc1ccc(S(=O)(=O)c2nc(Br)ns2)c(Cl)c1. The van der Waals surface area contributed by atoms with Crippen molar-refractivity contribution in [1.82, 2.24) is 9.36 Å². The molecule has 0 saturated carbocycles. The maximum Gasteiger partial charge on any atom is 0.236 e. The second kappa shape index (κ2) is 4.64. The molecule has 0 aliphatic heterocycles. The molecule has 1 heterocycles.